The zero-order valence-corrected chi connectivity index (χ0v) is 9.62. The van der Waals surface area contributed by atoms with Gasteiger partial charge in [0.05, 0.1) is 0 Å². The Hall–Kier alpha value is -2.14. The van der Waals surface area contributed by atoms with Crippen LogP contribution in [0, 0.1) is 4.77 Å². The number of aromatic nitrogens is 2. The number of phenolic OH excluding ortho intramolecular Hbond substituents is 1. The Labute approximate surface area is 102 Å². The largest absolute Gasteiger partial charge is 0.508 e. The zero-order chi connectivity index (χ0) is 12.3. The fourth-order valence-electron chi connectivity index (χ4n) is 1.35. The summed E-state index contributed by atoms with van der Waals surface area (Å²) in [5.41, 5.74) is 1.31. The molecule has 0 aliphatic heterocycles. The maximum absolute atomic E-state index is 11.2. The molecule has 1 heterocycles. The summed E-state index contributed by atoms with van der Waals surface area (Å²) in [7, 11) is 0. The molecule has 0 saturated carbocycles. The van der Waals surface area contributed by atoms with E-state index in [1.807, 2.05) is 6.08 Å². The average molecular weight is 246 g/mol. The predicted octanol–water partition coefficient (Wildman–Crippen LogP) is 2.31. The Morgan fingerprint density at radius 2 is 1.82 bits per heavy atom. The average Bonchev–Trinajstić information content (AvgIpc) is 2.27. The van der Waals surface area contributed by atoms with Crippen molar-refractivity contribution in [1.29, 1.82) is 0 Å². The number of rotatable bonds is 2. The van der Waals surface area contributed by atoms with E-state index in [4.69, 9.17) is 17.3 Å². The molecule has 17 heavy (non-hydrogen) atoms. The van der Waals surface area contributed by atoms with Crippen LogP contribution in [0.4, 0.5) is 0 Å². The first kappa shape index (κ1) is 11.3. The zero-order valence-electron chi connectivity index (χ0n) is 8.81. The highest BCUT2D eigenvalue weighted by Crippen LogP contribution is 2.11. The summed E-state index contributed by atoms with van der Waals surface area (Å²) >= 11 is 4.86. The maximum Gasteiger partial charge on any atom is 0.252 e. The summed E-state index contributed by atoms with van der Waals surface area (Å²) in [6.45, 7) is 0. The molecule has 0 fully saturated rings. The Kier molecular flexibility index (Phi) is 3.20. The van der Waals surface area contributed by atoms with Crippen molar-refractivity contribution in [2.45, 2.75) is 0 Å². The highest BCUT2D eigenvalue weighted by molar-refractivity contribution is 7.71. The lowest BCUT2D eigenvalue weighted by Crippen LogP contribution is -2.06. The van der Waals surface area contributed by atoms with Gasteiger partial charge in [0.15, 0.2) is 4.77 Å². The first-order chi connectivity index (χ1) is 8.13. The van der Waals surface area contributed by atoms with E-state index in [0.29, 0.717) is 10.5 Å². The van der Waals surface area contributed by atoms with E-state index < -0.39 is 0 Å². The van der Waals surface area contributed by atoms with Crippen molar-refractivity contribution in [3.8, 4) is 5.75 Å². The van der Waals surface area contributed by atoms with Crippen molar-refractivity contribution in [1.82, 2.24) is 9.97 Å². The van der Waals surface area contributed by atoms with Gasteiger partial charge in [0, 0.05) is 11.8 Å². The molecule has 0 unspecified atom stereocenters. The lowest BCUT2D eigenvalue weighted by Gasteiger charge is -1.95. The molecule has 0 bridgehead atoms. The third kappa shape index (κ3) is 3.15. The van der Waals surface area contributed by atoms with Crippen LogP contribution in [0.15, 0.2) is 35.1 Å². The minimum atomic E-state index is -0.237. The first-order valence-electron chi connectivity index (χ1n) is 4.94. The van der Waals surface area contributed by atoms with Crippen LogP contribution in [0.1, 0.15) is 11.3 Å². The van der Waals surface area contributed by atoms with Crippen molar-refractivity contribution in [2.24, 2.45) is 0 Å². The molecule has 0 radical (unpaired) electrons. The van der Waals surface area contributed by atoms with E-state index in [2.05, 4.69) is 9.97 Å². The van der Waals surface area contributed by atoms with Crippen LogP contribution in [-0.2, 0) is 0 Å². The molecule has 0 saturated heterocycles. The van der Waals surface area contributed by atoms with Crippen LogP contribution in [0.25, 0.3) is 12.2 Å². The normalized spacial score (nSPS) is 10.8. The summed E-state index contributed by atoms with van der Waals surface area (Å²) in [5, 5.41) is 9.13. The number of aromatic hydroxyl groups is 1. The summed E-state index contributed by atoms with van der Waals surface area (Å²) in [4.78, 5) is 16.5. The molecule has 5 heteroatoms. The van der Waals surface area contributed by atoms with Crippen LogP contribution in [0.5, 0.6) is 5.75 Å². The molecule has 0 aliphatic carbocycles. The summed E-state index contributed by atoms with van der Waals surface area (Å²) in [6.07, 6.45) is 3.57. The number of aromatic amines is 2. The molecule has 1 aromatic heterocycles. The predicted molar refractivity (Wildman–Crippen MR) is 69.3 cm³/mol. The van der Waals surface area contributed by atoms with Gasteiger partial charge in [0.2, 0.25) is 0 Å². The van der Waals surface area contributed by atoms with Crippen molar-refractivity contribution >= 4 is 24.4 Å². The van der Waals surface area contributed by atoms with Gasteiger partial charge in [-0.1, -0.05) is 18.2 Å². The molecule has 0 spiro atoms. The Balaban J connectivity index is 2.28. The molecular formula is C12H10N2O2S. The molecule has 2 rings (SSSR count). The van der Waals surface area contributed by atoms with Crippen molar-refractivity contribution in [3.05, 3.63) is 56.7 Å². The van der Waals surface area contributed by atoms with Gasteiger partial charge in [-0.25, -0.2) is 0 Å². The highest BCUT2D eigenvalue weighted by Gasteiger charge is 1.91. The van der Waals surface area contributed by atoms with Crippen LogP contribution >= 0.6 is 12.2 Å². The van der Waals surface area contributed by atoms with E-state index in [9.17, 15) is 4.79 Å². The third-order valence-corrected chi connectivity index (χ3v) is 2.33. The quantitative estimate of drug-likeness (QED) is 0.712. The number of benzene rings is 1. The second-order valence-corrected chi connectivity index (χ2v) is 3.88. The van der Waals surface area contributed by atoms with Gasteiger partial charge in [-0.15, -0.1) is 0 Å². The topological polar surface area (TPSA) is 68.9 Å². The van der Waals surface area contributed by atoms with Gasteiger partial charge in [-0.2, -0.15) is 0 Å². The molecule has 0 amide bonds. The molecular weight excluding hydrogens is 236 g/mol. The lowest BCUT2D eigenvalue weighted by molar-refractivity contribution is 0.475. The molecule has 2 aromatic rings. The molecule has 3 N–H and O–H groups in total. The molecule has 4 nitrogen and oxygen atoms in total. The highest BCUT2D eigenvalue weighted by atomic mass is 32.1. The molecule has 0 aliphatic rings. The second kappa shape index (κ2) is 4.80. The van der Waals surface area contributed by atoms with Crippen molar-refractivity contribution in [3.63, 3.8) is 0 Å². The van der Waals surface area contributed by atoms with E-state index in [-0.39, 0.29) is 11.3 Å². The standard InChI is InChI=1S/C12H10N2O2S/c15-10-5-2-8(3-6-10)1-4-9-7-11(16)14-12(17)13-9/h1-7,15H,(H2,13,14,16,17)/b4-1+. The monoisotopic (exact) mass is 246 g/mol. The maximum atomic E-state index is 11.2. The van der Waals surface area contributed by atoms with Crippen LogP contribution < -0.4 is 5.56 Å². The van der Waals surface area contributed by atoms with Gasteiger partial charge < -0.3 is 10.1 Å². The fourth-order valence-corrected chi connectivity index (χ4v) is 1.57. The van der Waals surface area contributed by atoms with E-state index >= 15 is 0 Å². The van der Waals surface area contributed by atoms with E-state index in [0.717, 1.165) is 5.56 Å². The Bertz CT molecular complexity index is 625. The van der Waals surface area contributed by atoms with Crippen LogP contribution in [-0.4, -0.2) is 15.1 Å². The minimum Gasteiger partial charge on any atom is -0.508 e. The van der Waals surface area contributed by atoms with Crippen molar-refractivity contribution in [2.75, 3.05) is 0 Å². The van der Waals surface area contributed by atoms with Gasteiger partial charge in [0.25, 0.3) is 5.56 Å². The fraction of sp³-hybridized carbons (Fsp3) is 0. The van der Waals surface area contributed by atoms with Gasteiger partial charge in [-0.05, 0) is 36.0 Å². The second-order valence-electron chi connectivity index (χ2n) is 3.47. The smallest absolute Gasteiger partial charge is 0.252 e. The first-order valence-corrected chi connectivity index (χ1v) is 5.35. The van der Waals surface area contributed by atoms with Crippen LogP contribution in [0.3, 0.4) is 0 Å². The SMILES string of the molecule is O=c1cc(/C=C/c2ccc(O)cc2)[nH]c(=S)[nH]1. The molecule has 0 atom stereocenters. The van der Waals surface area contributed by atoms with E-state index in [1.165, 1.54) is 6.07 Å². The van der Waals surface area contributed by atoms with Gasteiger partial charge in [0.1, 0.15) is 5.75 Å². The number of nitrogens with one attached hydrogen (secondary N) is 2. The summed E-state index contributed by atoms with van der Waals surface area (Å²) < 4.78 is 0.294. The van der Waals surface area contributed by atoms with Crippen LogP contribution in [0.2, 0.25) is 0 Å². The Morgan fingerprint density at radius 3 is 2.47 bits per heavy atom. The minimum absolute atomic E-state index is 0.220. The number of hydrogen-bond acceptors (Lipinski definition) is 3. The number of H-pyrrole nitrogens is 2. The van der Waals surface area contributed by atoms with Gasteiger partial charge in [-0.3, -0.25) is 9.78 Å². The molecule has 86 valence electrons. The van der Waals surface area contributed by atoms with Crippen molar-refractivity contribution < 1.29 is 5.11 Å². The Morgan fingerprint density at radius 1 is 1.12 bits per heavy atom. The third-order valence-electron chi connectivity index (χ3n) is 2.13. The summed E-state index contributed by atoms with van der Waals surface area (Å²) in [6, 6.07) is 8.16. The van der Waals surface area contributed by atoms with E-state index in [1.54, 1.807) is 30.3 Å². The summed E-state index contributed by atoms with van der Waals surface area (Å²) in [5.74, 6) is 0.220. The molecule has 1 aromatic carbocycles. The number of phenols is 1. The number of hydrogen-bond donors (Lipinski definition) is 3. The lowest BCUT2D eigenvalue weighted by atomic mass is 10.2. The van der Waals surface area contributed by atoms with Gasteiger partial charge >= 0.3 is 0 Å².